The standard InChI is InChI=1S/2C43H28N2OS/c1-27-20-22-28(23-21-27)44-35-14-5-2-10-30(35)34-26-29(24-25-36(34)44)45(37-15-9-18-40-42(37)33-12-3-6-17-39(33)46-40)38-16-8-13-32-31-11-4-7-19-41(31)47-43(32)38;1-27-17-19-28(20-18-27)45-36-12-5-2-9-31(36)34-25-29(21-23-37(34)45)44(30-22-24-42-35(26-30)32-10-4-7-16-41(32)47-42)38-13-8-15-40-43(38)33-11-3-6-14-39(33)46-40/h2*2-26H,1H3. The largest absolute Gasteiger partial charge is 0.456 e. The van der Waals surface area contributed by atoms with Crippen LogP contribution < -0.4 is 9.80 Å². The van der Waals surface area contributed by atoms with Gasteiger partial charge in [-0.2, -0.15) is 0 Å². The van der Waals surface area contributed by atoms with Crippen LogP contribution in [-0.4, -0.2) is 9.13 Å². The molecule has 0 saturated carbocycles. The molecule has 0 amide bonds. The summed E-state index contributed by atoms with van der Waals surface area (Å²) in [5, 5.41) is 14.5. The number of fused-ring (bicyclic) bond motifs is 18. The van der Waals surface area contributed by atoms with Crippen LogP contribution in [0.4, 0.5) is 34.1 Å². The normalized spacial score (nSPS) is 11.9. The van der Waals surface area contributed by atoms with E-state index in [4.69, 9.17) is 8.83 Å². The first-order chi connectivity index (χ1) is 46.4. The number of para-hydroxylation sites is 4. The van der Waals surface area contributed by atoms with Gasteiger partial charge in [0.05, 0.1) is 54.6 Å². The number of furan rings is 2. The highest BCUT2D eigenvalue weighted by Crippen LogP contribution is 2.51. The van der Waals surface area contributed by atoms with E-state index in [2.05, 4.69) is 324 Å². The second-order valence-electron chi connectivity index (χ2n) is 24.5. The van der Waals surface area contributed by atoms with E-state index in [1.807, 2.05) is 34.8 Å². The Balaban J connectivity index is 0.000000133. The highest BCUT2D eigenvalue weighted by molar-refractivity contribution is 7.26. The molecule has 8 heteroatoms. The van der Waals surface area contributed by atoms with Gasteiger partial charge in [-0.15, -0.1) is 22.7 Å². The smallest absolute Gasteiger partial charge is 0.137 e. The van der Waals surface area contributed by atoms with E-state index >= 15 is 0 Å². The van der Waals surface area contributed by atoms with Crippen molar-refractivity contribution in [2.45, 2.75) is 13.8 Å². The van der Waals surface area contributed by atoms with Crippen LogP contribution in [0.15, 0.2) is 312 Å². The fraction of sp³-hybridized carbons (Fsp3) is 0.0233. The summed E-state index contributed by atoms with van der Waals surface area (Å²) in [7, 11) is 0. The predicted molar refractivity (Wildman–Crippen MR) is 401 cm³/mol. The number of hydrogen-bond acceptors (Lipinski definition) is 6. The number of anilines is 6. The van der Waals surface area contributed by atoms with Gasteiger partial charge >= 0.3 is 0 Å². The van der Waals surface area contributed by atoms with Crippen molar-refractivity contribution in [2.24, 2.45) is 0 Å². The second kappa shape index (κ2) is 21.5. The first-order valence-corrected chi connectivity index (χ1v) is 33.5. The van der Waals surface area contributed by atoms with Gasteiger partial charge in [0.2, 0.25) is 0 Å². The third-order valence-electron chi connectivity index (χ3n) is 18.9. The molecule has 0 atom stereocenters. The van der Waals surface area contributed by atoms with E-state index < -0.39 is 0 Å². The van der Waals surface area contributed by atoms with Gasteiger partial charge in [-0.05, 0) is 159 Å². The molecule has 0 fully saturated rings. The maximum absolute atomic E-state index is 6.41. The zero-order chi connectivity index (χ0) is 62.1. The van der Waals surface area contributed by atoms with Gasteiger partial charge in [0.1, 0.15) is 22.3 Å². The summed E-state index contributed by atoms with van der Waals surface area (Å²) in [6.07, 6.45) is 0. The first-order valence-electron chi connectivity index (χ1n) is 31.9. The van der Waals surface area contributed by atoms with Crippen molar-refractivity contribution in [3.63, 3.8) is 0 Å². The molecular weight excluding hydrogens is 1190 g/mol. The SMILES string of the molecule is Cc1ccc(-n2c3ccccc3c3cc(N(c4ccc5sc6ccccc6c5c4)c4cccc5oc6ccccc6c45)ccc32)cc1.Cc1ccc(-n2c3ccccc3c3cc(N(c4cccc5c4sc4ccccc45)c4cccc5oc6ccccc6c45)ccc32)cc1. The van der Waals surface area contributed by atoms with Crippen LogP contribution in [0.1, 0.15) is 11.1 Å². The molecule has 444 valence electrons. The van der Waals surface area contributed by atoms with Gasteiger partial charge in [-0.3, -0.25) is 0 Å². The Morgan fingerprint density at radius 3 is 1.21 bits per heavy atom. The van der Waals surface area contributed by atoms with Gasteiger partial charge < -0.3 is 27.8 Å². The minimum atomic E-state index is 0.882. The van der Waals surface area contributed by atoms with Gasteiger partial charge in [0.15, 0.2) is 0 Å². The van der Waals surface area contributed by atoms with Gasteiger partial charge in [0, 0.05) is 96.4 Å². The molecule has 20 aromatic rings. The molecule has 6 aromatic heterocycles. The van der Waals surface area contributed by atoms with Crippen molar-refractivity contribution in [2.75, 3.05) is 9.80 Å². The fourth-order valence-electron chi connectivity index (χ4n) is 14.6. The summed E-state index contributed by atoms with van der Waals surface area (Å²) in [6.45, 7) is 4.27. The Labute approximate surface area is 548 Å². The summed E-state index contributed by atoms with van der Waals surface area (Å²) >= 11 is 3.70. The molecule has 0 spiro atoms. The molecule has 0 aliphatic heterocycles. The first kappa shape index (κ1) is 54.1. The molecule has 0 bridgehead atoms. The van der Waals surface area contributed by atoms with Crippen LogP contribution in [0.25, 0.3) is 139 Å². The minimum absolute atomic E-state index is 0.882. The molecule has 6 nitrogen and oxygen atoms in total. The lowest BCUT2D eigenvalue weighted by atomic mass is 10.1. The van der Waals surface area contributed by atoms with Crippen LogP contribution in [0.5, 0.6) is 0 Å². The van der Waals surface area contributed by atoms with Gasteiger partial charge in [0.25, 0.3) is 0 Å². The fourth-order valence-corrected chi connectivity index (χ4v) is 16.9. The summed E-state index contributed by atoms with van der Waals surface area (Å²) in [4.78, 5) is 4.85. The maximum Gasteiger partial charge on any atom is 0.137 e. The van der Waals surface area contributed by atoms with Crippen molar-refractivity contribution in [1.82, 2.24) is 9.13 Å². The second-order valence-corrected chi connectivity index (χ2v) is 26.6. The van der Waals surface area contributed by atoms with Crippen LogP contribution in [0.2, 0.25) is 0 Å². The molecule has 14 aromatic carbocycles. The summed E-state index contributed by atoms with van der Waals surface area (Å²) in [6, 6.07) is 109. The van der Waals surface area contributed by atoms with Crippen LogP contribution in [-0.2, 0) is 0 Å². The number of hydrogen-bond donors (Lipinski definition) is 0. The number of thiophene rings is 2. The zero-order valence-corrected chi connectivity index (χ0v) is 52.9. The van der Waals surface area contributed by atoms with E-state index in [1.165, 1.54) is 95.1 Å². The number of benzene rings is 14. The van der Waals surface area contributed by atoms with Crippen molar-refractivity contribution in [3.05, 3.63) is 314 Å². The molecule has 0 saturated heterocycles. The number of aromatic nitrogens is 2. The summed E-state index contributed by atoms with van der Waals surface area (Å²) < 4.78 is 22.7. The zero-order valence-electron chi connectivity index (χ0n) is 51.3. The molecule has 0 radical (unpaired) electrons. The van der Waals surface area contributed by atoms with Gasteiger partial charge in [-0.1, -0.05) is 169 Å². The Kier molecular flexibility index (Phi) is 12.4. The molecule has 0 unspecified atom stereocenters. The Bertz CT molecular complexity index is 6400. The Morgan fingerprint density at radius 2 is 0.649 bits per heavy atom. The summed E-state index contributed by atoms with van der Waals surface area (Å²) in [5.41, 5.74) is 19.8. The maximum atomic E-state index is 6.41. The Morgan fingerprint density at radius 1 is 0.266 bits per heavy atom. The molecule has 6 heterocycles. The predicted octanol–water partition coefficient (Wildman–Crippen LogP) is 25.7. The molecule has 0 aliphatic rings. The van der Waals surface area contributed by atoms with E-state index in [1.54, 1.807) is 0 Å². The van der Waals surface area contributed by atoms with E-state index in [0.29, 0.717) is 0 Å². The lowest BCUT2D eigenvalue weighted by Crippen LogP contribution is -2.10. The highest BCUT2D eigenvalue weighted by Gasteiger charge is 2.26. The highest BCUT2D eigenvalue weighted by atomic mass is 32.1. The average Bonchev–Trinajstić information content (AvgIpc) is 1.57. The lowest BCUT2D eigenvalue weighted by molar-refractivity contribution is 0.668. The monoisotopic (exact) mass is 1240 g/mol. The molecule has 94 heavy (non-hydrogen) atoms. The number of nitrogens with zero attached hydrogens (tertiary/aromatic N) is 4. The van der Waals surface area contributed by atoms with Crippen LogP contribution in [0.3, 0.4) is 0 Å². The molecular formula is C86H56N4O2S2. The Hall–Kier alpha value is -11.7. The molecule has 20 rings (SSSR count). The van der Waals surface area contributed by atoms with Gasteiger partial charge in [-0.25, -0.2) is 0 Å². The number of rotatable bonds is 8. The quantitative estimate of drug-likeness (QED) is 0.152. The van der Waals surface area contributed by atoms with Crippen molar-refractivity contribution >= 4 is 185 Å². The van der Waals surface area contributed by atoms with Crippen molar-refractivity contribution < 1.29 is 8.83 Å². The van der Waals surface area contributed by atoms with E-state index in [9.17, 15) is 0 Å². The third-order valence-corrected chi connectivity index (χ3v) is 21.3. The molecule has 0 N–H and O–H groups in total. The van der Waals surface area contributed by atoms with Crippen LogP contribution >= 0.6 is 22.7 Å². The molecule has 0 aliphatic carbocycles. The minimum Gasteiger partial charge on any atom is -0.456 e. The van der Waals surface area contributed by atoms with Crippen molar-refractivity contribution in [3.8, 4) is 11.4 Å². The topological polar surface area (TPSA) is 42.6 Å². The van der Waals surface area contributed by atoms with Crippen molar-refractivity contribution in [1.29, 1.82) is 0 Å². The summed E-state index contributed by atoms with van der Waals surface area (Å²) in [5.74, 6) is 0. The van der Waals surface area contributed by atoms with E-state index in [0.717, 1.165) is 89.4 Å². The number of aryl methyl sites for hydroxylation is 2. The lowest BCUT2D eigenvalue weighted by Gasteiger charge is -2.27. The van der Waals surface area contributed by atoms with E-state index in [-0.39, 0.29) is 0 Å². The average molecular weight is 1240 g/mol. The third kappa shape index (κ3) is 8.54. The van der Waals surface area contributed by atoms with Crippen LogP contribution in [0, 0.1) is 13.8 Å².